The Balaban J connectivity index is 2.59. The Bertz CT molecular complexity index is 250. The minimum absolute atomic E-state index is 0.216. The van der Waals surface area contributed by atoms with Gasteiger partial charge in [0.15, 0.2) is 0 Å². The number of nitrogens with zero attached hydrogens (tertiary/aromatic N) is 1. The lowest BCUT2D eigenvalue weighted by atomic mass is 9.65. The molecule has 1 saturated carbocycles. The number of hydrogen-bond acceptors (Lipinski definition) is 2. The van der Waals surface area contributed by atoms with Gasteiger partial charge in [-0.05, 0) is 12.8 Å². The molecule has 0 unspecified atom stereocenters. The molecule has 0 N–H and O–H groups in total. The molecule has 13 heavy (non-hydrogen) atoms. The van der Waals surface area contributed by atoms with E-state index < -0.39 is 0 Å². The molecular formula is C11H17NO. The molecule has 1 rings (SSSR count). The van der Waals surface area contributed by atoms with Crippen LogP contribution in [-0.2, 0) is 4.79 Å². The number of nitriles is 1. The molecule has 2 heteroatoms. The van der Waals surface area contributed by atoms with Gasteiger partial charge in [-0.3, -0.25) is 4.79 Å². The average molecular weight is 179 g/mol. The van der Waals surface area contributed by atoms with Crippen molar-refractivity contribution in [2.75, 3.05) is 0 Å². The van der Waals surface area contributed by atoms with Crippen molar-refractivity contribution < 1.29 is 4.79 Å². The Labute approximate surface area is 79.9 Å². The van der Waals surface area contributed by atoms with E-state index in [9.17, 15) is 4.79 Å². The lowest BCUT2D eigenvalue weighted by Gasteiger charge is -2.36. The number of rotatable bonds is 2. The van der Waals surface area contributed by atoms with E-state index in [0.29, 0.717) is 6.42 Å². The molecule has 0 aromatic heterocycles. The van der Waals surface area contributed by atoms with E-state index in [1.54, 1.807) is 0 Å². The predicted octanol–water partition coefficient (Wildman–Crippen LogP) is 2.69. The van der Waals surface area contributed by atoms with Crippen molar-refractivity contribution in [2.45, 2.75) is 46.5 Å². The number of ketones is 1. The maximum atomic E-state index is 11.7. The van der Waals surface area contributed by atoms with Crippen molar-refractivity contribution >= 4 is 5.78 Å². The summed E-state index contributed by atoms with van der Waals surface area (Å²) >= 11 is 0. The first-order valence-corrected chi connectivity index (χ1v) is 4.84. The fraction of sp³-hybridized carbons (Fsp3) is 0.818. The first-order valence-electron chi connectivity index (χ1n) is 4.84. The Morgan fingerprint density at radius 3 is 2.23 bits per heavy atom. The molecule has 0 aromatic rings. The summed E-state index contributed by atoms with van der Waals surface area (Å²) in [5, 5.41) is 8.95. The van der Waals surface area contributed by atoms with Crippen molar-refractivity contribution in [3.8, 4) is 6.07 Å². The van der Waals surface area contributed by atoms with Crippen LogP contribution in [0.4, 0.5) is 0 Å². The highest BCUT2D eigenvalue weighted by Crippen LogP contribution is 2.44. The van der Waals surface area contributed by atoms with Gasteiger partial charge < -0.3 is 0 Å². The number of carbonyl (C=O) groups is 1. The third kappa shape index (κ3) is 2.09. The van der Waals surface area contributed by atoms with Crippen LogP contribution in [0.2, 0.25) is 0 Å². The van der Waals surface area contributed by atoms with Crippen LogP contribution in [0.15, 0.2) is 0 Å². The van der Waals surface area contributed by atoms with Crippen LogP contribution < -0.4 is 0 Å². The average Bonchev–Trinajstić information content (AvgIpc) is 1.94. The van der Waals surface area contributed by atoms with Gasteiger partial charge in [0, 0.05) is 11.8 Å². The number of hydrogen-bond donors (Lipinski definition) is 0. The number of carbonyl (C=O) groups excluding carboxylic acids is 1. The molecule has 1 aliphatic rings. The molecule has 0 aliphatic heterocycles. The summed E-state index contributed by atoms with van der Waals surface area (Å²) in [7, 11) is 0. The number of Topliss-reactive ketones (excluding diaryl/α,β-unsaturated/α-hetero) is 1. The monoisotopic (exact) mass is 179 g/mol. The first kappa shape index (κ1) is 10.2. The van der Waals surface area contributed by atoms with Gasteiger partial charge in [-0.15, -0.1) is 0 Å². The molecule has 0 heterocycles. The molecule has 0 spiro atoms. The molecule has 1 aliphatic carbocycles. The van der Waals surface area contributed by atoms with Crippen molar-refractivity contribution in [1.82, 2.24) is 0 Å². The fourth-order valence-electron chi connectivity index (χ4n) is 1.50. The summed E-state index contributed by atoms with van der Waals surface area (Å²) in [6.45, 7) is 5.75. The van der Waals surface area contributed by atoms with Crippen LogP contribution >= 0.6 is 0 Å². The highest BCUT2D eigenvalue weighted by atomic mass is 16.1. The van der Waals surface area contributed by atoms with Crippen LogP contribution in [0.1, 0.15) is 46.5 Å². The second-order valence-corrected chi connectivity index (χ2v) is 5.10. The van der Waals surface area contributed by atoms with Gasteiger partial charge in [-0.2, -0.15) is 5.26 Å². The zero-order valence-corrected chi connectivity index (χ0v) is 8.68. The Hall–Kier alpha value is -0.840. The molecule has 0 aromatic carbocycles. The Kier molecular flexibility index (Phi) is 2.47. The lowest BCUT2D eigenvalue weighted by molar-refractivity contribution is -0.129. The quantitative estimate of drug-likeness (QED) is 0.654. The lowest BCUT2D eigenvalue weighted by Crippen LogP contribution is -2.34. The summed E-state index contributed by atoms with van der Waals surface area (Å²) in [5.74, 6) is 0.216. The molecule has 0 bridgehead atoms. The summed E-state index contributed by atoms with van der Waals surface area (Å²) in [5.41, 5.74) is -0.593. The van der Waals surface area contributed by atoms with Gasteiger partial charge >= 0.3 is 0 Å². The highest BCUT2D eigenvalue weighted by molar-refractivity contribution is 5.84. The van der Waals surface area contributed by atoms with Gasteiger partial charge in [0.1, 0.15) is 5.78 Å². The maximum absolute atomic E-state index is 11.7. The summed E-state index contributed by atoms with van der Waals surface area (Å²) in [6.07, 6.45) is 3.37. The molecular weight excluding hydrogens is 162 g/mol. The van der Waals surface area contributed by atoms with Crippen LogP contribution in [0.5, 0.6) is 0 Å². The van der Waals surface area contributed by atoms with Crippen molar-refractivity contribution in [3.63, 3.8) is 0 Å². The van der Waals surface area contributed by atoms with Crippen molar-refractivity contribution in [1.29, 1.82) is 5.26 Å². The molecule has 0 amide bonds. The van der Waals surface area contributed by atoms with Crippen LogP contribution in [-0.4, -0.2) is 5.78 Å². The van der Waals surface area contributed by atoms with E-state index in [1.807, 2.05) is 20.8 Å². The summed E-state index contributed by atoms with van der Waals surface area (Å²) in [6, 6.07) is 2.30. The van der Waals surface area contributed by atoms with Crippen LogP contribution in [0.3, 0.4) is 0 Å². The highest BCUT2D eigenvalue weighted by Gasteiger charge is 2.41. The van der Waals surface area contributed by atoms with E-state index in [-0.39, 0.29) is 16.6 Å². The largest absolute Gasteiger partial charge is 0.299 e. The minimum Gasteiger partial charge on any atom is -0.299 e. The molecule has 0 radical (unpaired) electrons. The van der Waals surface area contributed by atoms with Gasteiger partial charge in [0.05, 0.1) is 11.5 Å². The summed E-state index contributed by atoms with van der Waals surface area (Å²) < 4.78 is 0. The third-order valence-electron chi connectivity index (χ3n) is 2.88. The fourth-order valence-corrected chi connectivity index (χ4v) is 1.50. The maximum Gasteiger partial charge on any atom is 0.139 e. The molecule has 0 atom stereocenters. The van der Waals surface area contributed by atoms with E-state index >= 15 is 0 Å². The smallest absolute Gasteiger partial charge is 0.139 e. The normalized spacial score (nSPS) is 20.2. The molecule has 0 saturated heterocycles. The van der Waals surface area contributed by atoms with E-state index in [4.69, 9.17) is 5.26 Å². The van der Waals surface area contributed by atoms with Crippen LogP contribution in [0, 0.1) is 22.2 Å². The Morgan fingerprint density at radius 2 is 2.00 bits per heavy atom. The second kappa shape index (κ2) is 3.14. The molecule has 2 nitrogen and oxygen atoms in total. The van der Waals surface area contributed by atoms with Gasteiger partial charge in [0.2, 0.25) is 0 Å². The van der Waals surface area contributed by atoms with Gasteiger partial charge in [-0.1, -0.05) is 27.2 Å². The van der Waals surface area contributed by atoms with E-state index in [2.05, 4.69) is 6.07 Å². The molecule has 1 fully saturated rings. The zero-order chi connectivity index (χ0) is 10.1. The first-order chi connectivity index (χ1) is 5.90. The predicted molar refractivity (Wildman–Crippen MR) is 51.0 cm³/mol. The Morgan fingerprint density at radius 1 is 1.46 bits per heavy atom. The summed E-state index contributed by atoms with van der Waals surface area (Å²) in [4.78, 5) is 11.7. The third-order valence-corrected chi connectivity index (χ3v) is 2.88. The van der Waals surface area contributed by atoms with E-state index in [1.165, 1.54) is 0 Å². The zero-order valence-electron chi connectivity index (χ0n) is 8.68. The van der Waals surface area contributed by atoms with Gasteiger partial charge in [-0.25, -0.2) is 0 Å². The second-order valence-electron chi connectivity index (χ2n) is 5.10. The SMILES string of the molecule is CC(C)(C)C(=O)CC1(C#N)CCC1. The van der Waals surface area contributed by atoms with E-state index in [0.717, 1.165) is 19.3 Å². The topological polar surface area (TPSA) is 40.9 Å². The van der Waals surface area contributed by atoms with Crippen LogP contribution in [0.25, 0.3) is 0 Å². The molecule has 72 valence electrons. The minimum atomic E-state index is -0.301. The van der Waals surface area contributed by atoms with Crippen molar-refractivity contribution in [3.05, 3.63) is 0 Å². The van der Waals surface area contributed by atoms with Crippen molar-refractivity contribution in [2.24, 2.45) is 10.8 Å². The van der Waals surface area contributed by atoms with Gasteiger partial charge in [0.25, 0.3) is 0 Å². The standard InChI is InChI=1S/C11H17NO/c1-10(2,3)9(13)7-11(8-12)5-4-6-11/h4-7H2,1-3H3.